The van der Waals surface area contributed by atoms with Crippen LogP contribution in [0.25, 0.3) is 0 Å². The molecule has 0 unspecified atom stereocenters. The summed E-state index contributed by atoms with van der Waals surface area (Å²) in [4.78, 5) is 0. The van der Waals surface area contributed by atoms with Crippen LogP contribution in [0.4, 0.5) is 0 Å². The van der Waals surface area contributed by atoms with E-state index in [0.29, 0.717) is 6.54 Å². The summed E-state index contributed by atoms with van der Waals surface area (Å²) in [6.45, 7) is 16.8. The van der Waals surface area contributed by atoms with E-state index in [0.717, 1.165) is 5.46 Å². The zero-order valence-corrected chi connectivity index (χ0v) is 16.0. The lowest BCUT2D eigenvalue weighted by atomic mass is 9.82. The van der Waals surface area contributed by atoms with Gasteiger partial charge in [-0.1, -0.05) is 0 Å². The number of hydrogen-bond donors (Lipinski definition) is 0. The van der Waals surface area contributed by atoms with E-state index in [1.165, 1.54) is 0 Å². The van der Waals surface area contributed by atoms with Crippen LogP contribution in [-0.2, 0) is 25.3 Å². The van der Waals surface area contributed by atoms with Crippen LogP contribution in [-0.4, -0.2) is 45.6 Å². The molecule has 3 rings (SSSR count). The van der Waals surface area contributed by atoms with Crippen molar-refractivity contribution in [1.29, 1.82) is 0 Å². The summed E-state index contributed by atoms with van der Waals surface area (Å²) in [5.41, 5.74) is -0.146. The van der Waals surface area contributed by atoms with Gasteiger partial charge in [-0.15, -0.1) is 0 Å². The van der Waals surface area contributed by atoms with Gasteiger partial charge < -0.3 is 18.8 Å². The van der Waals surface area contributed by atoms with Crippen LogP contribution in [0.3, 0.4) is 0 Å². The maximum Gasteiger partial charge on any atom is 0.498 e. The van der Waals surface area contributed by atoms with Gasteiger partial charge in [0, 0.05) is 17.9 Å². The smallest absolute Gasteiger partial charge is 0.399 e. The fourth-order valence-corrected chi connectivity index (χ4v) is 3.22. The molecule has 0 bridgehead atoms. The summed E-state index contributed by atoms with van der Waals surface area (Å²) in [7, 11) is -0.394. The first-order chi connectivity index (χ1) is 10.8. The lowest BCUT2D eigenvalue weighted by Gasteiger charge is -2.32. The Bertz CT molecular complexity index is 608. The minimum atomic E-state index is -0.574. The van der Waals surface area contributed by atoms with Gasteiger partial charge in [0.05, 0.1) is 23.3 Å². The summed E-state index contributed by atoms with van der Waals surface area (Å²) in [6.07, 6.45) is 3.70. The number of hydrogen-bond acceptors (Lipinski definition) is 5. The quantitative estimate of drug-likeness (QED) is 0.792. The highest BCUT2D eigenvalue weighted by Crippen LogP contribution is 2.37. The third kappa shape index (κ3) is 3.15. The normalized spacial score (nSPS) is 30.0. The number of ether oxygens (including phenoxy) is 2. The van der Waals surface area contributed by atoms with Gasteiger partial charge in [-0.25, -0.2) is 0 Å². The van der Waals surface area contributed by atoms with Gasteiger partial charge in [0.25, 0.3) is 0 Å². The third-order valence-electron chi connectivity index (χ3n) is 5.24. The van der Waals surface area contributed by atoms with Crippen molar-refractivity contribution in [3.8, 4) is 0 Å². The van der Waals surface area contributed by atoms with Crippen LogP contribution in [0.1, 0.15) is 55.4 Å². The Labute approximate surface area is 144 Å². The third-order valence-corrected chi connectivity index (χ3v) is 5.24. The van der Waals surface area contributed by atoms with E-state index < -0.39 is 12.9 Å². The van der Waals surface area contributed by atoms with Gasteiger partial charge in [0.1, 0.15) is 6.10 Å². The van der Waals surface area contributed by atoms with Gasteiger partial charge in [-0.3, -0.25) is 4.68 Å². The Morgan fingerprint density at radius 3 is 2.12 bits per heavy atom. The van der Waals surface area contributed by atoms with Crippen molar-refractivity contribution in [1.82, 2.24) is 9.78 Å². The van der Waals surface area contributed by atoms with Gasteiger partial charge in [-0.05, 0) is 55.4 Å². The van der Waals surface area contributed by atoms with Crippen LogP contribution in [0.15, 0.2) is 12.4 Å². The lowest BCUT2D eigenvalue weighted by molar-refractivity contribution is -0.157. The highest BCUT2D eigenvalue weighted by molar-refractivity contribution is 6.61. The standard InChI is InChI=1S/C17H29BN2O4/c1-14(2)13(21-17(7,8)22-14)11-20-10-12(9-19-20)18-23-15(3,4)16(5,6)24-18/h9-10,13H,11H2,1-8H3/t13-/m1/s1. The molecule has 24 heavy (non-hydrogen) atoms. The van der Waals surface area contributed by atoms with Crippen LogP contribution < -0.4 is 5.46 Å². The highest BCUT2D eigenvalue weighted by atomic mass is 16.8. The van der Waals surface area contributed by atoms with Crippen molar-refractivity contribution in [3.63, 3.8) is 0 Å². The molecule has 0 saturated carbocycles. The molecule has 1 aromatic heterocycles. The van der Waals surface area contributed by atoms with Crippen LogP contribution in [0.2, 0.25) is 0 Å². The summed E-state index contributed by atoms with van der Waals surface area (Å²) >= 11 is 0. The molecule has 0 aliphatic carbocycles. The predicted molar refractivity (Wildman–Crippen MR) is 92.1 cm³/mol. The molecule has 7 heteroatoms. The Balaban J connectivity index is 1.71. The molecule has 2 saturated heterocycles. The first-order valence-electron chi connectivity index (χ1n) is 8.57. The van der Waals surface area contributed by atoms with Gasteiger partial charge in [-0.2, -0.15) is 5.10 Å². The fraction of sp³-hybridized carbons (Fsp3) is 0.824. The van der Waals surface area contributed by atoms with Gasteiger partial charge in [0.15, 0.2) is 5.79 Å². The van der Waals surface area contributed by atoms with Crippen LogP contribution in [0.5, 0.6) is 0 Å². The molecule has 0 N–H and O–H groups in total. The molecule has 134 valence electrons. The molecular weight excluding hydrogens is 307 g/mol. The lowest BCUT2D eigenvalue weighted by Crippen LogP contribution is -2.41. The highest BCUT2D eigenvalue weighted by Gasteiger charge is 2.52. The summed E-state index contributed by atoms with van der Waals surface area (Å²) in [5, 5.41) is 4.45. The first-order valence-corrected chi connectivity index (χ1v) is 8.57. The molecule has 2 fully saturated rings. The van der Waals surface area contributed by atoms with E-state index in [2.05, 4.69) is 5.10 Å². The van der Waals surface area contributed by atoms with Gasteiger partial charge in [0.2, 0.25) is 0 Å². The first kappa shape index (κ1) is 17.9. The molecule has 0 aromatic carbocycles. The van der Waals surface area contributed by atoms with Crippen LogP contribution in [0, 0.1) is 0 Å². The molecule has 2 aliphatic heterocycles. The minimum absolute atomic E-state index is 0.0708. The van der Waals surface area contributed by atoms with Crippen molar-refractivity contribution in [2.24, 2.45) is 0 Å². The van der Waals surface area contributed by atoms with Crippen LogP contribution >= 0.6 is 0 Å². The fourth-order valence-electron chi connectivity index (χ4n) is 3.22. The zero-order valence-electron chi connectivity index (χ0n) is 16.0. The number of rotatable bonds is 3. The Morgan fingerprint density at radius 2 is 1.62 bits per heavy atom. The van der Waals surface area contributed by atoms with Crippen molar-refractivity contribution in [2.75, 3.05) is 0 Å². The average Bonchev–Trinajstić information content (AvgIpc) is 2.96. The second kappa shape index (κ2) is 5.30. The molecular formula is C17H29BN2O4. The SMILES string of the molecule is CC1(C)O[C@H](Cn2cc(B3OC(C)(C)C(C)(C)O3)cn2)C(C)(C)O1. The van der Waals surface area contributed by atoms with Crippen molar-refractivity contribution in [3.05, 3.63) is 12.4 Å². The van der Waals surface area contributed by atoms with E-state index in [1.54, 1.807) is 6.20 Å². The Kier molecular flexibility index (Phi) is 3.96. The monoisotopic (exact) mass is 336 g/mol. The summed E-state index contributed by atoms with van der Waals surface area (Å²) in [5.74, 6) is -0.574. The maximum atomic E-state index is 6.08. The van der Waals surface area contributed by atoms with Gasteiger partial charge >= 0.3 is 7.12 Å². The summed E-state index contributed by atoms with van der Waals surface area (Å²) in [6, 6.07) is 0. The number of nitrogens with zero attached hydrogens (tertiary/aromatic N) is 2. The molecule has 0 radical (unpaired) electrons. The van der Waals surface area contributed by atoms with E-state index in [4.69, 9.17) is 18.8 Å². The number of aromatic nitrogens is 2. The molecule has 1 aromatic rings. The Morgan fingerprint density at radius 1 is 1.04 bits per heavy atom. The second-order valence-electron chi connectivity index (χ2n) is 8.80. The van der Waals surface area contributed by atoms with Crippen molar-refractivity contribution >= 4 is 12.6 Å². The van der Waals surface area contributed by atoms with E-state index in [1.807, 2.05) is 66.3 Å². The molecule has 0 amide bonds. The van der Waals surface area contributed by atoms with E-state index in [-0.39, 0.29) is 22.9 Å². The zero-order chi connectivity index (χ0) is 18.0. The average molecular weight is 336 g/mol. The molecule has 6 nitrogen and oxygen atoms in total. The molecule has 2 aliphatic rings. The second-order valence-corrected chi connectivity index (χ2v) is 8.80. The summed E-state index contributed by atoms with van der Waals surface area (Å²) < 4.78 is 26.0. The molecule has 0 spiro atoms. The Hall–Kier alpha value is -0.885. The van der Waals surface area contributed by atoms with Crippen molar-refractivity contribution in [2.45, 2.75) is 90.6 Å². The molecule has 3 heterocycles. The largest absolute Gasteiger partial charge is 0.498 e. The maximum absolute atomic E-state index is 6.08. The topological polar surface area (TPSA) is 54.7 Å². The van der Waals surface area contributed by atoms with E-state index in [9.17, 15) is 0 Å². The predicted octanol–water partition coefficient (Wildman–Crippen LogP) is 2.11. The van der Waals surface area contributed by atoms with E-state index >= 15 is 0 Å². The minimum Gasteiger partial charge on any atom is -0.399 e. The molecule has 1 atom stereocenters. The van der Waals surface area contributed by atoms with Crippen molar-refractivity contribution < 1.29 is 18.8 Å².